The summed E-state index contributed by atoms with van der Waals surface area (Å²) in [5.74, 6) is 0. The van der Waals surface area contributed by atoms with E-state index in [0.29, 0.717) is 12.6 Å². The summed E-state index contributed by atoms with van der Waals surface area (Å²) in [6, 6.07) is 11.1. The zero-order valence-corrected chi connectivity index (χ0v) is 12.5. The maximum Gasteiger partial charge on any atom is 0.0482 e. The minimum Gasteiger partial charge on any atom is -0.329 e. The molecule has 1 atom stereocenters. The number of nitrogens with two attached hydrogens (primary N) is 1. The average molecular weight is 274 g/mol. The number of nitrogens with zero attached hydrogens (tertiary/aromatic N) is 1. The summed E-state index contributed by atoms with van der Waals surface area (Å²) in [5, 5.41) is 4.33. The van der Waals surface area contributed by atoms with Gasteiger partial charge >= 0.3 is 0 Å². The maximum absolute atomic E-state index is 6.00. The highest BCUT2D eigenvalue weighted by Crippen LogP contribution is 2.24. The lowest BCUT2D eigenvalue weighted by molar-refractivity contribution is 0.203. The van der Waals surface area contributed by atoms with Crippen molar-refractivity contribution in [1.29, 1.82) is 0 Å². The number of aryl methyl sites for hydroxylation is 1. The fraction of sp³-hybridized carbons (Fsp3) is 0.375. The third-order valence-electron chi connectivity index (χ3n) is 3.63. The van der Waals surface area contributed by atoms with Crippen LogP contribution in [0.25, 0.3) is 0 Å². The second-order valence-electron chi connectivity index (χ2n) is 4.80. The molecule has 2 rings (SSSR count). The Labute approximate surface area is 119 Å². The molecule has 0 fully saturated rings. The molecule has 0 aliphatic carbocycles. The number of hydrogen-bond donors (Lipinski definition) is 1. The van der Waals surface area contributed by atoms with Gasteiger partial charge < -0.3 is 5.73 Å². The summed E-state index contributed by atoms with van der Waals surface area (Å²) in [6.07, 6.45) is 0. The Balaban J connectivity index is 2.17. The van der Waals surface area contributed by atoms with Gasteiger partial charge in [0.05, 0.1) is 0 Å². The van der Waals surface area contributed by atoms with Crippen LogP contribution in [0.1, 0.15) is 29.7 Å². The van der Waals surface area contributed by atoms with Crippen LogP contribution in [0.4, 0.5) is 0 Å². The van der Waals surface area contributed by atoms with Crippen molar-refractivity contribution in [3.8, 4) is 0 Å². The second-order valence-corrected chi connectivity index (χ2v) is 5.58. The molecule has 1 aromatic carbocycles. The van der Waals surface area contributed by atoms with Crippen molar-refractivity contribution in [3.63, 3.8) is 0 Å². The fourth-order valence-electron chi connectivity index (χ4n) is 2.41. The molecule has 2 N–H and O–H groups in total. The number of thiophene rings is 1. The van der Waals surface area contributed by atoms with Gasteiger partial charge in [-0.15, -0.1) is 0 Å². The Morgan fingerprint density at radius 3 is 2.63 bits per heavy atom. The fourth-order valence-corrected chi connectivity index (χ4v) is 3.12. The molecule has 1 aromatic heterocycles. The maximum atomic E-state index is 6.00. The topological polar surface area (TPSA) is 29.3 Å². The van der Waals surface area contributed by atoms with Crippen molar-refractivity contribution < 1.29 is 0 Å². The van der Waals surface area contributed by atoms with E-state index in [9.17, 15) is 0 Å². The van der Waals surface area contributed by atoms with E-state index >= 15 is 0 Å². The van der Waals surface area contributed by atoms with Crippen molar-refractivity contribution in [1.82, 2.24) is 4.90 Å². The summed E-state index contributed by atoms with van der Waals surface area (Å²) >= 11 is 1.74. The first-order chi connectivity index (χ1) is 9.26. The lowest BCUT2D eigenvalue weighted by atomic mass is 10.1. The van der Waals surface area contributed by atoms with Crippen molar-refractivity contribution in [2.24, 2.45) is 5.73 Å². The predicted octanol–water partition coefficient (Wildman–Crippen LogP) is 3.58. The van der Waals surface area contributed by atoms with E-state index in [-0.39, 0.29) is 0 Å². The summed E-state index contributed by atoms with van der Waals surface area (Å²) in [6.45, 7) is 7.00. The van der Waals surface area contributed by atoms with Gasteiger partial charge in [0, 0.05) is 19.1 Å². The first-order valence-electron chi connectivity index (χ1n) is 6.77. The van der Waals surface area contributed by atoms with Crippen LogP contribution in [0, 0.1) is 6.92 Å². The molecule has 0 bridgehead atoms. The van der Waals surface area contributed by atoms with Gasteiger partial charge in [-0.05, 0) is 47.0 Å². The molecule has 0 aliphatic rings. The number of likely N-dealkylation sites (N-methyl/N-ethyl adjacent to an activating group) is 1. The monoisotopic (exact) mass is 274 g/mol. The zero-order chi connectivity index (χ0) is 13.7. The van der Waals surface area contributed by atoms with Crippen LogP contribution in [0.3, 0.4) is 0 Å². The molecule has 0 aliphatic heterocycles. The summed E-state index contributed by atoms with van der Waals surface area (Å²) in [7, 11) is 0. The van der Waals surface area contributed by atoms with Gasteiger partial charge in [0.25, 0.3) is 0 Å². The summed E-state index contributed by atoms with van der Waals surface area (Å²) in [5.41, 5.74) is 10.1. The Kier molecular flexibility index (Phi) is 5.14. The highest BCUT2D eigenvalue weighted by Gasteiger charge is 2.18. The molecule has 0 spiro atoms. The van der Waals surface area contributed by atoms with Crippen LogP contribution in [0.2, 0.25) is 0 Å². The molecule has 3 heteroatoms. The van der Waals surface area contributed by atoms with E-state index in [1.165, 1.54) is 16.7 Å². The Bertz CT molecular complexity index is 493. The molecule has 2 aromatic rings. The third-order valence-corrected chi connectivity index (χ3v) is 4.33. The highest BCUT2D eigenvalue weighted by molar-refractivity contribution is 7.07. The van der Waals surface area contributed by atoms with Gasteiger partial charge in [0.2, 0.25) is 0 Å². The van der Waals surface area contributed by atoms with Gasteiger partial charge in [-0.25, -0.2) is 0 Å². The molecule has 102 valence electrons. The molecule has 0 amide bonds. The van der Waals surface area contributed by atoms with E-state index < -0.39 is 0 Å². The predicted molar refractivity (Wildman–Crippen MR) is 83.4 cm³/mol. The van der Waals surface area contributed by atoms with E-state index in [1.54, 1.807) is 11.3 Å². The van der Waals surface area contributed by atoms with Crippen molar-refractivity contribution in [2.75, 3.05) is 13.1 Å². The minimum atomic E-state index is 0.316. The summed E-state index contributed by atoms with van der Waals surface area (Å²) in [4.78, 5) is 2.45. The normalized spacial score (nSPS) is 12.8. The van der Waals surface area contributed by atoms with Gasteiger partial charge in [0.15, 0.2) is 0 Å². The standard InChI is InChI=1S/C16H22N2S/c1-3-18(11-14-7-5-4-6-13(14)2)16(10-17)15-8-9-19-12-15/h4-9,12,16H,3,10-11,17H2,1-2H3. The Morgan fingerprint density at radius 1 is 1.26 bits per heavy atom. The van der Waals surface area contributed by atoms with E-state index in [2.05, 4.69) is 59.8 Å². The highest BCUT2D eigenvalue weighted by atomic mass is 32.1. The molecule has 0 saturated heterocycles. The van der Waals surface area contributed by atoms with Gasteiger partial charge in [-0.2, -0.15) is 11.3 Å². The van der Waals surface area contributed by atoms with Crippen LogP contribution in [-0.4, -0.2) is 18.0 Å². The van der Waals surface area contributed by atoms with Crippen LogP contribution in [0.5, 0.6) is 0 Å². The average Bonchev–Trinajstić information content (AvgIpc) is 2.94. The molecular formula is C16H22N2S. The van der Waals surface area contributed by atoms with E-state index in [0.717, 1.165) is 13.1 Å². The molecule has 0 saturated carbocycles. The first-order valence-corrected chi connectivity index (χ1v) is 7.71. The van der Waals surface area contributed by atoms with Gasteiger partial charge in [-0.1, -0.05) is 31.2 Å². The SMILES string of the molecule is CCN(Cc1ccccc1C)C(CN)c1ccsc1. The van der Waals surface area contributed by atoms with Gasteiger partial charge in [-0.3, -0.25) is 4.90 Å². The molecule has 0 radical (unpaired) electrons. The van der Waals surface area contributed by atoms with E-state index in [1.807, 2.05) is 0 Å². The molecule has 1 unspecified atom stereocenters. The Hall–Kier alpha value is -1.16. The molecule has 19 heavy (non-hydrogen) atoms. The zero-order valence-electron chi connectivity index (χ0n) is 11.7. The molecule has 2 nitrogen and oxygen atoms in total. The van der Waals surface area contributed by atoms with Crippen LogP contribution < -0.4 is 5.73 Å². The number of benzene rings is 1. The van der Waals surface area contributed by atoms with Crippen molar-refractivity contribution in [2.45, 2.75) is 26.4 Å². The molecule has 1 heterocycles. The van der Waals surface area contributed by atoms with Crippen LogP contribution in [0.15, 0.2) is 41.1 Å². The lowest BCUT2D eigenvalue weighted by Gasteiger charge is -2.30. The van der Waals surface area contributed by atoms with Crippen LogP contribution in [-0.2, 0) is 6.54 Å². The number of rotatable bonds is 6. The second kappa shape index (κ2) is 6.85. The third kappa shape index (κ3) is 3.44. The van der Waals surface area contributed by atoms with Crippen molar-refractivity contribution >= 4 is 11.3 Å². The van der Waals surface area contributed by atoms with Gasteiger partial charge in [0.1, 0.15) is 0 Å². The Morgan fingerprint density at radius 2 is 2.05 bits per heavy atom. The minimum absolute atomic E-state index is 0.316. The number of hydrogen-bond acceptors (Lipinski definition) is 3. The van der Waals surface area contributed by atoms with Crippen molar-refractivity contribution in [3.05, 3.63) is 57.8 Å². The molecular weight excluding hydrogens is 252 g/mol. The largest absolute Gasteiger partial charge is 0.329 e. The lowest BCUT2D eigenvalue weighted by Crippen LogP contribution is -2.33. The smallest absolute Gasteiger partial charge is 0.0482 e. The first kappa shape index (κ1) is 14.3. The van der Waals surface area contributed by atoms with E-state index in [4.69, 9.17) is 5.73 Å². The quantitative estimate of drug-likeness (QED) is 0.872. The summed E-state index contributed by atoms with van der Waals surface area (Å²) < 4.78 is 0. The van der Waals surface area contributed by atoms with Crippen LogP contribution >= 0.6 is 11.3 Å².